The third kappa shape index (κ3) is 5.99. The molecule has 2 heterocycles. The first kappa shape index (κ1) is 24.5. The van der Waals surface area contributed by atoms with Gasteiger partial charge in [0.1, 0.15) is 18.3 Å². The van der Waals surface area contributed by atoms with Gasteiger partial charge in [0.05, 0.1) is 13.2 Å². The van der Waals surface area contributed by atoms with Crippen molar-refractivity contribution in [2.45, 2.75) is 30.8 Å². The topological polar surface area (TPSA) is 152 Å². The first-order valence-electron chi connectivity index (χ1n) is 9.54. The molecule has 11 nitrogen and oxygen atoms in total. The van der Waals surface area contributed by atoms with E-state index in [0.717, 1.165) is 29.3 Å². The van der Waals surface area contributed by atoms with Crippen molar-refractivity contribution in [2.75, 3.05) is 19.8 Å². The number of aliphatic hydroxyl groups excluding tert-OH is 2. The van der Waals surface area contributed by atoms with Crippen LogP contribution in [0.25, 0.3) is 0 Å². The summed E-state index contributed by atoms with van der Waals surface area (Å²) in [4.78, 5) is 25.5. The van der Waals surface area contributed by atoms with E-state index >= 15 is 0 Å². The number of H-pyrrole nitrogens is 1. The first-order valence-corrected chi connectivity index (χ1v) is 11.0. The van der Waals surface area contributed by atoms with E-state index in [2.05, 4.69) is 4.98 Å². The number of rotatable bonds is 7. The minimum atomic E-state index is -2.19. The average Bonchev–Trinajstić information content (AvgIpc) is 2.78. The molecular weight excluding hydrogens is 463 g/mol. The van der Waals surface area contributed by atoms with E-state index in [1.165, 1.54) is 0 Å². The molecule has 13 heteroatoms. The molecule has 1 aliphatic heterocycles. The molecule has 0 radical (unpaired) electrons. The maximum atomic E-state index is 11.9. The SMILES string of the molecule is CC(O)(C(O)COC(=O)OP1OCC(c2ccccc2)CO1)C(O)n1ccc(=O)[nH]c1=S. The summed E-state index contributed by atoms with van der Waals surface area (Å²) in [5, 5.41) is 31.2. The molecule has 0 aliphatic carbocycles. The Bertz CT molecular complexity index is 1020. The molecular formula is C19H23N2O9PS. The lowest BCUT2D eigenvalue weighted by molar-refractivity contribution is -0.174. The number of nitrogens with zero attached hydrogens (tertiary/aromatic N) is 1. The van der Waals surface area contributed by atoms with E-state index in [0.29, 0.717) is 13.2 Å². The summed E-state index contributed by atoms with van der Waals surface area (Å²) in [7, 11) is -1.96. The minimum Gasteiger partial charge on any atom is -0.431 e. The second-order valence-corrected chi connectivity index (χ2v) is 8.74. The largest absolute Gasteiger partial charge is 0.514 e. The van der Waals surface area contributed by atoms with Crippen LogP contribution in [0.1, 0.15) is 24.6 Å². The number of carbonyl (C=O) groups excluding carboxylic acids is 1. The fourth-order valence-electron chi connectivity index (χ4n) is 2.83. The Labute approximate surface area is 189 Å². The molecule has 2 aromatic rings. The van der Waals surface area contributed by atoms with Crippen LogP contribution in [0.15, 0.2) is 47.4 Å². The van der Waals surface area contributed by atoms with Crippen LogP contribution in [0.3, 0.4) is 0 Å². The van der Waals surface area contributed by atoms with Crippen molar-refractivity contribution < 1.29 is 38.4 Å². The zero-order chi connectivity index (χ0) is 23.3. The summed E-state index contributed by atoms with van der Waals surface area (Å²) in [6.07, 6.45) is -3.47. The van der Waals surface area contributed by atoms with Crippen LogP contribution < -0.4 is 5.56 Å². The lowest BCUT2D eigenvalue weighted by Crippen LogP contribution is -2.49. The van der Waals surface area contributed by atoms with Gasteiger partial charge in [-0.2, -0.15) is 0 Å². The van der Waals surface area contributed by atoms with Gasteiger partial charge >= 0.3 is 14.8 Å². The number of aliphatic hydroxyl groups is 3. The predicted molar refractivity (Wildman–Crippen MR) is 114 cm³/mol. The van der Waals surface area contributed by atoms with Gasteiger partial charge in [-0.3, -0.25) is 14.3 Å². The van der Waals surface area contributed by atoms with Crippen LogP contribution in [0.2, 0.25) is 0 Å². The van der Waals surface area contributed by atoms with Gasteiger partial charge in [-0.1, -0.05) is 30.3 Å². The van der Waals surface area contributed by atoms with Gasteiger partial charge in [-0.15, -0.1) is 0 Å². The predicted octanol–water partition coefficient (Wildman–Crippen LogP) is 1.72. The molecule has 4 N–H and O–H groups in total. The second kappa shape index (κ2) is 10.6. The standard InChI is InChI=1S/C19H23N2O9PS/c1-19(26,16(24)21-8-7-15(23)20-17(21)32)14(22)11-27-18(25)30-31-28-9-13(10-29-31)12-5-3-2-4-6-12/h2-8,13-14,16,22,24,26H,9-11H2,1H3,(H,20,23,32). The van der Waals surface area contributed by atoms with Crippen LogP contribution in [-0.4, -0.2) is 62.6 Å². The highest BCUT2D eigenvalue weighted by Crippen LogP contribution is 2.45. The van der Waals surface area contributed by atoms with Crippen LogP contribution in [0.4, 0.5) is 4.79 Å². The van der Waals surface area contributed by atoms with Gasteiger partial charge < -0.3 is 33.6 Å². The Morgan fingerprint density at radius 1 is 1.31 bits per heavy atom. The van der Waals surface area contributed by atoms with E-state index in [1.54, 1.807) is 0 Å². The van der Waals surface area contributed by atoms with Crippen molar-refractivity contribution in [1.82, 2.24) is 9.55 Å². The molecule has 1 fully saturated rings. The fourth-order valence-corrected chi connectivity index (χ4v) is 4.05. The average molecular weight is 486 g/mol. The van der Waals surface area contributed by atoms with Crippen molar-refractivity contribution >= 4 is 27.0 Å². The van der Waals surface area contributed by atoms with Gasteiger partial charge in [0, 0.05) is 18.2 Å². The Morgan fingerprint density at radius 3 is 2.59 bits per heavy atom. The number of carbonyl (C=O) groups is 1. The number of nitrogens with one attached hydrogen (secondary N) is 1. The van der Waals surface area contributed by atoms with E-state index < -0.39 is 44.9 Å². The highest BCUT2D eigenvalue weighted by molar-refractivity contribution is 7.71. The lowest BCUT2D eigenvalue weighted by atomic mass is 9.97. The Hall–Kier alpha value is -2.18. The number of aromatic amines is 1. The zero-order valence-corrected chi connectivity index (χ0v) is 18.7. The molecule has 174 valence electrons. The maximum absolute atomic E-state index is 11.9. The lowest BCUT2D eigenvalue weighted by Gasteiger charge is -2.34. The molecule has 1 saturated heterocycles. The molecule has 3 atom stereocenters. The Kier molecular flexibility index (Phi) is 8.12. The van der Waals surface area contributed by atoms with E-state index in [-0.39, 0.29) is 10.7 Å². The maximum Gasteiger partial charge on any atom is 0.514 e. The Balaban J connectivity index is 1.47. The van der Waals surface area contributed by atoms with Crippen molar-refractivity contribution in [3.63, 3.8) is 0 Å². The first-order chi connectivity index (χ1) is 15.2. The molecule has 0 bridgehead atoms. The number of benzene rings is 1. The number of ether oxygens (including phenoxy) is 1. The monoisotopic (exact) mass is 486 g/mol. The van der Waals surface area contributed by atoms with Gasteiger partial charge in [0.2, 0.25) is 0 Å². The quantitative estimate of drug-likeness (QED) is 0.259. The van der Waals surface area contributed by atoms with E-state index in [4.69, 9.17) is 30.5 Å². The Morgan fingerprint density at radius 2 is 1.97 bits per heavy atom. The van der Waals surface area contributed by atoms with Gasteiger partial charge in [-0.05, 0) is 24.7 Å². The second-order valence-electron chi connectivity index (χ2n) is 7.21. The molecule has 3 rings (SSSR count). The summed E-state index contributed by atoms with van der Waals surface area (Å²) < 4.78 is 21.5. The zero-order valence-electron chi connectivity index (χ0n) is 17.0. The van der Waals surface area contributed by atoms with E-state index in [1.807, 2.05) is 30.3 Å². The van der Waals surface area contributed by atoms with Gasteiger partial charge in [0.25, 0.3) is 5.56 Å². The summed E-state index contributed by atoms with van der Waals surface area (Å²) in [6, 6.07) is 10.7. The van der Waals surface area contributed by atoms with Gasteiger partial charge in [-0.25, -0.2) is 4.79 Å². The molecule has 0 spiro atoms. The number of aromatic nitrogens is 2. The molecule has 32 heavy (non-hydrogen) atoms. The van der Waals surface area contributed by atoms with Crippen LogP contribution >= 0.6 is 20.8 Å². The summed E-state index contributed by atoms with van der Waals surface area (Å²) in [6.45, 7) is 1.01. The molecule has 1 aromatic carbocycles. The molecule has 1 aliphatic rings. The molecule has 0 saturated carbocycles. The highest BCUT2D eigenvalue weighted by atomic mass is 32.1. The number of hydrogen-bond donors (Lipinski definition) is 4. The summed E-state index contributed by atoms with van der Waals surface area (Å²) in [5.41, 5.74) is -1.65. The molecule has 0 amide bonds. The normalized spacial score (nSPS) is 22.4. The van der Waals surface area contributed by atoms with Crippen LogP contribution in [-0.2, 0) is 18.3 Å². The highest BCUT2D eigenvalue weighted by Gasteiger charge is 2.40. The van der Waals surface area contributed by atoms with Crippen LogP contribution in [0, 0.1) is 4.77 Å². The van der Waals surface area contributed by atoms with E-state index in [9.17, 15) is 24.9 Å². The molecule has 1 aromatic heterocycles. The van der Waals surface area contributed by atoms with Crippen molar-refractivity contribution in [3.05, 3.63) is 63.3 Å². The van der Waals surface area contributed by atoms with Gasteiger partial charge in [0.15, 0.2) is 11.0 Å². The summed E-state index contributed by atoms with van der Waals surface area (Å²) in [5.74, 6) is 0.00711. The molecule has 3 unspecified atom stereocenters. The van der Waals surface area contributed by atoms with Crippen molar-refractivity contribution in [1.29, 1.82) is 0 Å². The smallest absolute Gasteiger partial charge is 0.431 e. The number of hydrogen-bond acceptors (Lipinski definition) is 10. The van der Waals surface area contributed by atoms with Crippen molar-refractivity contribution in [2.24, 2.45) is 0 Å². The summed E-state index contributed by atoms with van der Waals surface area (Å²) >= 11 is 4.93. The van der Waals surface area contributed by atoms with Crippen molar-refractivity contribution in [3.8, 4) is 0 Å². The van der Waals surface area contributed by atoms with Crippen LogP contribution in [0.5, 0.6) is 0 Å². The fraction of sp³-hybridized carbons (Fsp3) is 0.421. The third-order valence-electron chi connectivity index (χ3n) is 4.85. The third-order valence-corrected chi connectivity index (χ3v) is 6.18. The minimum absolute atomic E-state index is 0.00711.